The van der Waals surface area contributed by atoms with Gasteiger partial charge < -0.3 is 15.5 Å². The van der Waals surface area contributed by atoms with Crippen molar-refractivity contribution in [2.75, 3.05) is 12.7 Å². The summed E-state index contributed by atoms with van der Waals surface area (Å²) in [6.45, 7) is 0.805. The first-order valence-electron chi connectivity index (χ1n) is 6.81. The lowest BCUT2D eigenvalue weighted by atomic mass is 10.1. The van der Waals surface area contributed by atoms with Gasteiger partial charge in [0.1, 0.15) is 0 Å². The minimum absolute atomic E-state index is 0.0477. The average Bonchev–Trinajstić information content (AvgIpc) is 2.24. The van der Waals surface area contributed by atoms with Crippen LogP contribution in [0.4, 0.5) is 0 Å². The molecule has 0 spiro atoms. The zero-order valence-electron chi connectivity index (χ0n) is 10.8. The zero-order valence-corrected chi connectivity index (χ0v) is 11.7. The topological polar surface area (TPSA) is 83.6 Å². The van der Waals surface area contributed by atoms with Crippen LogP contribution in [0.3, 0.4) is 0 Å². The number of hydrogen-bond donors (Lipinski definition) is 3. The van der Waals surface area contributed by atoms with Crippen molar-refractivity contribution in [3.8, 4) is 0 Å². The first-order chi connectivity index (χ1) is 8.06. The first-order valence-corrected chi connectivity index (χ1v) is 8.60. The largest absolute Gasteiger partial charge is 0.330 e. The highest BCUT2D eigenvalue weighted by Crippen LogP contribution is 2.35. The van der Waals surface area contributed by atoms with E-state index in [1.54, 1.807) is 0 Å². The second-order valence-electron chi connectivity index (χ2n) is 4.71. The predicted octanol–water partition coefficient (Wildman–Crippen LogP) is 3.02. The molecule has 17 heavy (non-hydrogen) atoms. The van der Waals surface area contributed by atoms with Crippen LogP contribution in [-0.2, 0) is 4.57 Å². The molecule has 0 aromatic heterocycles. The van der Waals surface area contributed by atoms with Gasteiger partial charge in [-0.2, -0.15) is 0 Å². The van der Waals surface area contributed by atoms with Crippen molar-refractivity contribution in [1.29, 1.82) is 0 Å². The minimum atomic E-state index is -3.75. The fourth-order valence-corrected chi connectivity index (χ4v) is 2.51. The molecular formula is C12H28NO3P. The standard InChI is InChI=1S/C12H28NO3P/c13-11-9-7-5-3-1-2-4-6-8-10-12-17(14,15)16/h1-13H2,(H2,14,15,16). The molecule has 4 nitrogen and oxygen atoms in total. The maximum Gasteiger partial charge on any atom is 0.325 e. The maximum absolute atomic E-state index is 10.6. The van der Waals surface area contributed by atoms with Gasteiger partial charge in [-0.05, 0) is 19.4 Å². The summed E-state index contributed by atoms with van der Waals surface area (Å²) in [5, 5.41) is 0. The van der Waals surface area contributed by atoms with E-state index in [4.69, 9.17) is 15.5 Å². The molecule has 0 heterocycles. The van der Waals surface area contributed by atoms with Gasteiger partial charge in [0, 0.05) is 6.16 Å². The SMILES string of the molecule is NCCCCCCCCCCCCP(=O)(O)O. The van der Waals surface area contributed by atoms with Crippen molar-refractivity contribution >= 4 is 7.60 Å². The van der Waals surface area contributed by atoms with Crippen LogP contribution in [0.25, 0.3) is 0 Å². The Morgan fingerprint density at radius 1 is 0.706 bits per heavy atom. The summed E-state index contributed by atoms with van der Waals surface area (Å²) in [7, 11) is -3.75. The summed E-state index contributed by atoms with van der Waals surface area (Å²) in [5.41, 5.74) is 5.41. The smallest absolute Gasteiger partial charge is 0.325 e. The Morgan fingerprint density at radius 3 is 1.41 bits per heavy atom. The summed E-state index contributed by atoms with van der Waals surface area (Å²) < 4.78 is 10.6. The van der Waals surface area contributed by atoms with Gasteiger partial charge in [-0.1, -0.05) is 51.4 Å². The van der Waals surface area contributed by atoms with Gasteiger partial charge in [0.2, 0.25) is 0 Å². The van der Waals surface area contributed by atoms with Crippen LogP contribution in [0.15, 0.2) is 0 Å². The molecule has 0 radical (unpaired) electrons. The molecule has 0 aliphatic heterocycles. The van der Waals surface area contributed by atoms with Crippen LogP contribution in [0.2, 0.25) is 0 Å². The van der Waals surface area contributed by atoms with E-state index in [9.17, 15) is 4.57 Å². The van der Waals surface area contributed by atoms with Gasteiger partial charge in [-0.25, -0.2) is 0 Å². The quantitative estimate of drug-likeness (QED) is 0.374. The third-order valence-corrected chi connectivity index (χ3v) is 3.80. The highest BCUT2D eigenvalue weighted by Gasteiger charge is 2.10. The molecule has 4 N–H and O–H groups in total. The Hall–Kier alpha value is 0.110. The van der Waals surface area contributed by atoms with Gasteiger partial charge in [-0.15, -0.1) is 0 Å². The number of nitrogens with two attached hydrogens (primary N) is 1. The number of unbranched alkanes of at least 4 members (excludes halogenated alkanes) is 9. The van der Waals surface area contributed by atoms with Crippen molar-refractivity contribution in [1.82, 2.24) is 0 Å². The Bertz CT molecular complexity index is 206. The Labute approximate surface area is 105 Å². The van der Waals surface area contributed by atoms with Gasteiger partial charge in [0.05, 0.1) is 0 Å². The zero-order chi connectivity index (χ0) is 13.0. The third-order valence-electron chi connectivity index (χ3n) is 2.90. The summed E-state index contributed by atoms with van der Waals surface area (Å²) in [6, 6.07) is 0. The van der Waals surface area contributed by atoms with Crippen molar-refractivity contribution in [3.05, 3.63) is 0 Å². The molecular weight excluding hydrogens is 237 g/mol. The molecule has 0 amide bonds. The lowest BCUT2D eigenvalue weighted by molar-refractivity contribution is 0.370. The molecule has 0 rings (SSSR count). The van der Waals surface area contributed by atoms with E-state index in [1.165, 1.54) is 38.5 Å². The van der Waals surface area contributed by atoms with Crippen LogP contribution < -0.4 is 5.73 Å². The van der Waals surface area contributed by atoms with Crippen LogP contribution >= 0.6 is 7.60 Å². The van der Waals surface area contributed by atoms with E-state index in [-0.39, 0.29) is 6.16 Å². The number of rotatable bonds is 12. The molecule has 0 atom stereocenters. The van der Waals surface area contributed by atoms with Gasteiger partial charge in [0.15, 0.2) is 0 Å². The molecule has 0 aliphatic carbocycles. The Morgan fingerprint density at radius 2 is 1.06 bits per heavy atom. The Kier molecular flexibility index (Phi) is 11.3. The Balaban J connectivity index is 3.01. The summed E-state index contributed by atoms with van der Waals surface area (Å²) in [6.07, 6.45) is 11.4. The molecule has 0 unspecified atom stereocenters. The third kappa shape index (κ3) is 16.1. The maximum atomic E-state index is 10.6. The second kappa shape index (κ2) is 11.2. The average molecular weight is 265 g/mol. The van der Waals surface area contributed by atoms with E-state index in [0.717, 1.165) is 25.8 Å². The molecule has 0 bridgehead atoms. The second-order valence-corrected chi connectivity index (χ2v) is 6.49. The first kappa shape index (κ1) is 17.1. The van der Waals surface area contributed by atoms with Crippen molar-refractivity contribution < 1.29 is 14.4 Å². The van der Waals surface area contributed by atoms with Gasteiger partial charge >= 0.3 is 7.60 Å². The van der Waals surface area contributed by atoms with Crippen LogP contribution in [0.5, 0.6) is 0 Å². The molecule has 0 saturated heterocycles. The lowest BCUT2D eigenvalue weighted by Crippen LogP contribution is -1.97. The summed E-state index contributed by atoms with van der Waals surface area (Å²) in [4.78, 5) is 17.3. The fraction of sp³-hybridized carbons (Fsp3) is 1.00. The van der Waals surface area contributed by atoms with Crippen LogP contribution in [-0.4, -0.2) is 22.5 Å². The number of hydrogen-bond acceptors (Lipinski definition) is 2. The van der Waals surface area contributed by atoms with Gasteiger partial charge in [-0.3, -0.25) is 4.57 Å². The van der Waals surface area contributed by atoms with Crippen LogP contribution in [0, 0.1) is 0 Å². The van der Waals surface area contributed by atoms with E-state index >= 15 is 0 Å². The van der Waals surface area contributed by atoms with E-state index < -0.39 is 7.60 Å². The van der Waals surface area contributed by atoms with Crippen molar-refractivity contribution in [2.24, 2.45) is 5.73 Å². The highest BCUT2D eigenvalue weighted by molar-refractivity contribution is 7.51. The van der Waals surface area contributed by atoms with E-state index in [0.29, 0.717) is 6.42 Å². The van der Waals surface area contributed by atoms with E-state index in [1.807, 2.05) is 0 Å². The minimum Gasteiger partial charge on any atom is -0.330 e. The fourth-order valence-electron chi connectivity index (χ4n) is 1.88. The van der Waals surface area contributed by atoms with Crippen molar-refractivity contribution in [3.63, 3.8) is 0 Å². The normalized spacial score (nSPS) is 11.9. The molecule has 0 aromatic rings. The monoisotopic (exact) mass is 265 g/mol. The summed E-state index contributed by atoms with van der Waals surface area (Å²) >= 11 is 0. The lowest BCUT2D eigenvalue weighted by Gasteiger charge is -2.04. The molecule has 104 valence electrons. The molecule has 0 aliphatic rings. The van der Waals surface area contributed by atoms with E-state index in [2.05, 4.69) is 0 Å². The molecule has 0 saturated carbocycles. The van der Waals surface area contributed by atoms with Gasteiger partial charge in [0.25, 0.3) is 0 Å². The molecule has 5 heteroatoms. The summed E-state index contributed by atoms with van der Waals surface area (Å²) in [5.74, 6) is 0. The molecule has 0 aromatic carbocycles. The predicted molar refractivity (Wildman–Crippen MR) is 72.1 cm³/mol. The van der Waals surface area contributed by atoms with Crippen LogP contribution in [0.1, 0.15) is 64.2 Å². The molecule has 0 fully saturated rings. The highest BCUT2D eigenvalue weighted by atomic mass is 31.2. The van der Waals surface area contributed by atoms with Crippen molar-refractivity contribution in [2.45, 2.75) is 64.2 Å².